The zero-order chi connectivity index (χ0) is 22.1. The van der Waals surface area contributed by atoms with Gasteiger partial charge in [-0.05, 0) is 43.0 Å². The molecular formula is C23H32FNO5. The van der Waals surface area contributed by atoms with Crippen molar-refractivity contribution >= 4 is 12.0 Å². The molecule has 2 rings (SSSR count). The predicted molar refractivity (Wildman–Crippen MR) is 112 cm³/mol. The smallest absolute Gasteiger partial charge is 0.417 e. The van der Waals surface area contributed by atoms with Crippen molar-refractivity contribution in [3.63, 3.8) is 0 Å². The van der Waals surface area contributed by atoms with Crippen LogP contribution in [0.3, 0.4) is 0 Å². The first kappa shape index (κ1) is 23.9. The summed E-state index contributed by atoms with van der Waals surface area (Å²) in [6.45, 7) is 8.88. The number of hydrogen-bond acceptors (Lipinski definition) is 5. The summed E-state index contributed by atoms with van der Waals surface area (Å²) in [6, 6.07) is 3.97. The standard InChI is InChI=1S/C23H32FNO5/c1-5-6-12-28-13-8-7-9-21(30-18-10-11-19(24)17(4)14-18)22(26)25-20(16(2)3)15-29-23(25)27/h7-8,10-11,14,16,20-21H,5-6,9,12-13,15H2,1-4H3/b8-7-/t20-,21-/m1/s1. The molecule has 6 nitrogen and oxygen atoms in total. The van der Waals surface area contributed by atoms with Crippen molar-refractivity contribution in [1.82, 2.24) is 4.90 Å². The van der Waals surface area contributed by atoms with Gasteiger partial charge in [-0.3, -0.25) is 4.79 Å². The summed E-state index contributed by atoms with van der Waals surface area (Å²) < 4.78 is 30.1. The summed E-state index contributed by atoms with van der Waals surface area (Å²) in [5.41, 5.74) is 0.416. The molecule has 2 atom stereocenters. The number of carbonyl (C=O) groups excluding carboxylic acids is 2. The number of cyclic esters (lactones) is 1. The molecule has 1 aliphatic rings. The number of benzene rings is 1. The van der Waals surface area contributed by atoms with Crippen LogP contribution in [0.15, 0.2) is 30.4 Å². The fraction of sp³-hybridized carbons (Fsp3) is 0.565. The van der Waals surface area contributed by atoms with Crippen LogP contribution >= 0.6 is 0 Å². The second-order valence-electron chi connectivity index (χ2n) is 7.75. The molecule has 0 aliphatic carbocycles. The fourth-order valence-electron chi connectivity index (χ4n) is 3.08. The van der Waals surface area contributed by atoms with Gasteiger partial charge in [0.25, 0.3) is 5.91 Å². The zero-order valence-corrected chi connectivity index (χ0v) is 18.2. The number of imide groups is 1. The maximum absolute atomic E-state index is 13.6. The highest BCUT2D eigenvalue weighted by Crippen LogP contribution is 2.24. The van der Waals surface area contributed by atoms with Crippen LogP contribution in [0.1, 0.15) is 45.6 Å². The Bertz CT molecular complexity index is 749. The molecule has 0 radical (unpaired) electrons. The number of halogens is 1. The van der Waals surface area contributed by atoms with Crippen molar-refractivity contribution in [2.75, 3.05) is 19.8 Å². The maximum Gasteiger partial charge on any atom is 0.417 e. The van der Waals surface area contributed by atoms with Gasteiger partial charge in [0.05, 0.1) is 12.6 Å². The molecule has 166 valence electrons. The van der Waals surface area contributed by atoms with Crippen molar-refractivity contribution < 1.29 is 28.2 Å². The van der Waals surface area contributed by atoms with Gasteiger partial charge in [-0.25, -0.2) is 14.1 Å². The summed E-state index contributed by atoms with van der Waals surface area (Å²) in [6.07, 6.45) is 4.35. The minimum Gasteiger partial charge on any atom is -0.480 e. The lowest BCUT2D eigenvalue weighted by molar-refractivity contribution is -0.137. The Balaban J connectivity index is 2.13. The van der Waals surface area contributed by atoms with Gasteiger partial charge in [-0.15, -0.1) is 0 Å². The molecule has 1 fully saturated rings. The van der Waals surface area contributed by atoms with Gasteiger partial charge in [-0.1, -0.05) is 39.3 Å². The van der Waals surface area contributed by atoms with Crippen molar-refractivity contribution in [2.45, 2.75) is 59.1 Å². The fourth-order valence-corrected chi connectivity index (χ4v) is 3.08. The molecule has 0 N–H and O–H groups in total. The topological polar surface area (TPSA) is 65.1 Å². The van der Waals surface area contributed by atoms with Crippen LogP contribution in [0.25, 0.3) is 0 Å². The van der Waals surface area contributed by atoms with Crippen molar-refractivity contribution in [3.05, 3.63) is 41.7 Å². The molecule has 1 aromatic rings. The van der Waals surface area contributed by atoms with E-state index in [0.29, 0.717) is 24.5 Å². The third-order valence-corrected chi connectivity index (χ3v) is 4.97. The van der Waals surface area contributed by atoms with E-state index in [-0.39, 0.29) is 30.8 Å². The number of nitrogens with zero attached hydrogens (tertiary/aromatic N) is 1. The average Bonchev–Trinajstić information content (AvgIpc) is 3.10. The van der Waals surface area contributed by atoms with Crippen LogP contribution in [0, 0.1) is 18.7 Å². The Hall–Kier alpha value is -2.41. The van der Waals surface area contributed by atoms with E-state index in [1.165, 1.54) is 18.2 Å². The molecule has 0 bridgehead atoms. The predicted octanol–water partition coefficient (Wildman–Crippen LogP) is 4.65. The van der Waals surface area contributed by atoms with Gasteiger partial charge in [0.15, 0.2) is 6.10 Å². The normalized spacial score (nSPS) is 17.6. The summed E-state index contributed by atoms with van der Waals surface area (Å²) in [5.74, 6) is -0.391. The first-order valence-electron chi connectivity index (χ1n) is 10.5. The number of amides is 2. The zero-order valence-electron chi connectivity index (χ0n) is 18.2. The van der Waals surface area contributed by atoms with E-state index in [1.807, 2.05) is 19.9 Å². The first-order valence-corrected chi connectivity index (χ1v) is 10.5. The molecule has 2 amide bonds. The van der Waals surface area contributed by atoms with Crippen LogP contribution < -0.4 is 4.74 Å². The molecule has 1 aromatic carbocycles. The van der Waals surface area contributed by atoms with Crippen molar-refractivity contribution in [2.24, 2.45) is 5.92 Å². The average molecular weight is 422 g/mol. The lowest BCUT2D eigenvalue weighted by atomic mass is 10.0. The number of ether oxygens (including phenoxy) is 3. The number of rotatable bonds is 11. The van der Waals surface area contributed by atoms with Gasteiger partial charge in [0.2, 0.25) is 0 Å². The SMILES string of the molecule is CCCCOC/C=C\C[C@@H](Oc1ccc(F)c(C)c1)C(=O)N1C(=O)OC[C@@H]1C(C)C. The summed E-state index contributed by atoms with van der Waals surface area (Å²) >= 11 is 0. The van der Waals surface area contributed by atoms with Gasteiger partial charge < -0.3 is 14.2 Å². The largest absolute Gasteiger partial charge is 0.480 e. The minimum atomic E-state index is -0.936. The number of aryl methyl sites for hydroxylation is 1. The van der Waals surface area contributed by atoms with E-state index in [9.17, 15) is 14.0 Å². The lowest BCUT2D eigenvalue weighted by Gasteiger charge is -2.26. The molecule has 1 heterocycles. The van der Waals surface area contributed by atoms with Crippen molar-refractivity contribution in [3.8, 4) is 5.75 Å². The van der Waals surface area contributed by atoms with E-state index in [0.717, 1.165) is 17.7 Å². The summed E-state index contributed by atoms with van der Waals surface area (Å²) in [4.78, 5) is 26.5. The van der Waals surface area contributed by atoms with Crippen LogP contribution in [-0.2, 0) is 14.3 Å². The number of carbonyl (C=O) groups is 2. The third kappa shape index (κ3) is 6.55. The molecule has 30 heavy (non-hydrogen) atoms. The highest BCUT2D eigenvalue weighted by atomic mass is 19.1. The van der Waals surface area contributed by atoms with Crippen LogP contribution in [0.2, 0.25) is 0 Å². The van der Waals surface area contributed by atoms with Gasteiger partial charge in [0.1, 0.15) is 18.2 Å². The Morgan fingerprint density at radius 1 is 1.37 bits per heavy atom. The molecule has 1 saturated heterocycles. The molecule has 1 aliphatic heterocycles. The van der Waals surface area contributed by atoms with E-state index in [4.69, 9.17) is 14.2 Å². The van der Waals surface area contributed by atoms with Crippen LogP contribution in [0.5, 0.6) is 5.75 Å². The molecule has 7 heteroatoms. The second kappa shape index (κ2) is 11.7. The highest BCUT2D eigenvalue weighted by Gasteiger charge is 2.42. The van der Waals surface area contributed by atoms with Gasteiger partial charge in [-0.2, -0.15) is 0 Å². The maximum atomic E-state index is 13.6. The van der Waals surface area contributed by atoms with E-state index in [2.05, 4.69) is 6.92 Å². The number of unbranched alkanes of at least 4 members (excludes halogenated alkanes) is 1. The highest BCUT2D eigenvalue weighted by molar-refractivity contribution is 5.96. The van der Waals surface area contributed by atoms with Crippen LogP contribution in [-0.4, -0.2) is 48.9 Å². The molecule has 0 aromatic heterocycles. The second-order valence-corrected chi connectivity index (χ2v) is 7.75. The Morgan fingerprint density at radius 2 is 2.13 bits per heavy atom. The third-order valence-electron chi connectivity index (χ3n) is 4.97. The van der Waals surface area contributed by atoms with E-state index in [1.54, 1.807) is 13.0 Å². The van der Waals surface area contributed by atoms with Crippen molar-refractivity contribution in [1.29, 1.82) is 0 Å². The minimum absolute atomic E-state index is 0.0524. The monoisotopic (exact) mass is 421 g/mol. The van der Waals surface area contributed by atoms with E-state index < -0.39 is 18.1 Å². The molecule has 0 saturated carbocycles. The van der Waals surface area contributed by atoms with Gasteiger partial charge >= 0.3 is 6.09 Å². The molecule has 0 spiro atoms. The Labute approximate surface area is 178 Å². The molecule has 0 unspecified atom stereocenters. The Kier molecular flexibility index (Phi) is 9.30. The Morgan fingerprint density at radius 3 is 2.80 bits per heavy atom. The lowest BCUT2D eigenvalue weighted by Crippen LogP contribution is -2.48. The van der Waals surface area contributed by atoms with Crippen LogP contribution in [0.4, 0.5) is 9.18 Å². The first-order chi connectivity index (χ1) is 14.3. The quantitative estimate of drug-likeness (QED) is 0.384. The van der Waals surface area contributed by atoms with Gasteiger partial charge in [0, 0.05) is 13.0 Å². The number of hydrogen-bond donors (Lipinski definition) is 0. The summed E-state index contributed by atoms with van der Waals surface area (Å²) in [5, 5.41) is 0. The summed E-state index contributed by atoms with van der Waals surface area (Å²) in [7, 11) is 0. The van der Waals surface area contributed by atoms with E-state index >= 15 is 0 Å². The molecular weight excluding hydrogens is 389 g/mol.